The van der Waals surface area contributed by atoms with Crippen LogP contribution in [-0.2, 0) is 9.53 Å². The van der Waals surface area contributed by atoms with Gasteiger partial charge in [0.2, 0.25) is 0 Å². The van der Waals surface area contributed by atoms with Crippen LogP contribution in [0.15, 0.2) is 0 Å². The van der Waals surface area contributed by atoms with Crippen molar-refractivity contribution in [2.24, 2.45) is 11.8 Å². The molecule has 12 heavy (non-hydrogen) atoms. The lowest BCUT2D eigenvalue weighted by Gasteiger charge is -2.20. The van der Waals surface area contributed by atoms with Crippen molar-refractivity contribution in [2.45, 2.75) is 26.3 Å². The number of carbonyl (C=O) groups excluding carboxylic acids is 1. The maximum Gasteiger partial charge on any atom is 0.323 e. The molecule has 0 aromatic rings. The van der Waals surface area contributed by atoms with Gasteiger partial charge < -0.3 is 10.1 Å². The predicted molar refractivity (Wildman–Crippen MR) is 46.8 cm³/mol. The molecular weight excluding hydrogens is 154 g/mol. The molecule has 1 fully saturated rings. The summed E-state index contributed by atoms with van der Waals surface area (Å²) in [7, 11) is 1.44. The standard InChI is InChI=1S/C9H17NO2/c1-6(2)7-4-5-10-8(7)9(11)12-3/h6-8,10H,4-5H2,1-3H3/t7-,8?/m1/s1. The van der Waals surface area contributed by atoms with Crippen LogP contribution < -0.4 is 5.32 Å². The van der Waals surface area contributed by atoms with Crippen molar-refractivity contribution in [1.82, 2.24) is 5.32 Å². The number of rotatable bonds is 2. The van der Waals surface area contributed by atoms with Gasteiger partial charge in [0.15, 0.2) is 0 Å². The smallest absolute Gasteiger partial charge is 0.323 e. The summed E-state index contributed by atoms with van der Waals surface area (Å²) in [5, 5.41) is 3.16. The SMILES string of the molecule is COC(=O)C1NCC[C@@H]1C(C)C. The molecule has 0 aromatic carbocycles. The third-order valence-corrected chi connectivity index (χ3v) is 2.58. The highest BCUT2D eigenvalue weighted by Gasteiger charge is 2.34. The largest absolute Gasteiger partial charge is 0.468 e. The van der Waals surface area contributed by atoms with E-state index in [1.54, 1.807) is 0 Å². The maximum absolute atomic E-state index is 11.2. The summed E-state index contributed by atoms with van der Waals surface area (Å²) in [5.41, 5.74) is 0. The molecule has 0 bridgehead atoms. The zero-order chi connectivity index (χ0) is 9.14. The Morgan fingerprint density at radius 3 is 2.75 bits per heavy atom. The lowest BCUT2D eigenvalue weighted by molar-refractivity contribution is -0.144. The van der Waals surface area contributed by atoms with Crippen molar-refractivity contribution in [3.63, 3.8) is 0 Å². The zero-order valence-corrected chi connectivity index (χ0v) is 7.96. The molecule has 0 aliphatic carbocycles. The van der Waals surface area contributed by atoms with E-state index in [4.69, 9.17) is 4.74 Å². The third-order valence-electron chi connectivity index (χ3n) is 2.58. The fourth-order valence-corrected chi connectivity index (χ4v) is 1.83. The number of methoxy groups -OCH3 is 1. The highest BCUT2D eigenvalue weighted by atomic mass is 16.5. The van der Waals surface area contributed by atoms with Gasteiger partial charge in [-0.05, 0) is 24.8 Å². The zero-order valence-electron chi connectivity index (χ0n) is 7.96. The highest BCUT2D eigenvalue weighted by molar-refractivity contribution is 5.76. The Hall–Kier alpha value is -0.570. The topological polar surface area (TPSA) is 38.3 Å². The summed E-state index contributed by atoms with van der Waals surface area (Å²) in [6.07, 6.45) is 1.08. The van der Waals surface area contributed by atoms with E-state index in [2.05, 4.69) is 19.2 Å². The third kappa shape index (κ3) is 1.78. The number of hydrogen-bond donors (Lipinski definition) is 1. The van der Waals surface area contributed by atoms with Crippen molar-refractivity contribution in [3.05, 3.63) is 0 Å². The van der Waals surface area contributed by atoms with E-state index in [0.717, 1.165) is 13.0 Å². The van der Waals surface area contributed by atoms with Crippen LogP contribution in [0.1, 0.15) is 20.3 Å². The average molecular weight is 171 g/mol. The lowest BCUT2D eigenvalue weighted by Crippen LogP contribution is -2.38. The Morgan fingerprint density at radius 1 is 1.58 bits per heavy atom. The Morgan fingerprint density at radius 2 is 2.25 bits per heavy atom. The van der Waals surface area contributed by atoms with Gasteiger partial charge in [0.25, 0.3) is 0 Å². The van der Waals surface area contributed by atoms with Gasteiger partial charge in [0.05, 0.1) is 7.11 Å². The lowest BCUT2D eigenvalue weighted by atomic mass is 9.89. The first-order valence-electron chi connectivity index (χ1n) is 4.48. The molecule has 0 amide bonds. The molecule has 3 heteroatoms. The van der Waals surface area contributed by atoms with E-state index in [9.17, 15) is 4.79 Å². The summed E-state index contributed by atoms with van der Waals surface area (Å²) in [6.45, 7) is 5.23. The summed E-state index contributed by atoms with van der Waals surface area (Å²) in [4.78, 5) is 11.2. The fraction of sp³-hybridized carbons (Fsp3) is 0.889. The molecule has 0 saturated carbocycles. The van der Waals surface area contributed by atoms with Crippen LogP contribution in [0.5, 0.6) is 0 Å². The van der Waals surface area contributed by atoms with E-state index in [-0.39, 0.29) is 12.0 Å². The first-order valence-corrected chi connectivity index (χ1v) is 4.48. The van der Waals surface area contributed by atoms with Gasteiger partial charge in [-0.2, -0.15) is 0 Å². The van der Waals surface area contributed by atoms with Crippen LogP contribution in [-0.4, -0.2) is 25.7 Å². The highest BCUT2D eigenvalue weighted by Crippen LogP contribution is 2.24. The molecule has 1 saturated heterocycles. The Balaban J connectivity index is 2.57. The predicted octanol–water partition coefficient (Wildman–Crippen LogP) is 0.793. The Labute approximate surface area is 73.5 Å². The van der Waals surface area contributed by atoms with Crippen LogP contribution in [0.3, 0.4) is 0 Å². The summed E-state index contributed by atoms with van der Waals surface area (Å²) in [6, 6.07) is -0.0741. The van der Waals surface area contributed by atoms with E-state index < -0.39 is 0 Å². The van der Waals surface area contributed by atoms with Gasteiger partial charge in [-0.3, -0.25) is 4.79 Å². The minimum Gasteiger partial charge on any atom is -0.468 e. The molecule has 0 aromatic heterocycles. The van der Waals surface area contributed by atoms with Gasteiger partial charge in [-0.1, -0.05) is 13.8 Å². The molecule has 1 heterocycles. The van der Waals surface area contributed by atoms with Crippen LogP contribution in [0.4, 0.5) is 0 Å². The summed E-state index contributed by atoms with van der Waals surface area (Å²) >= 11 is 0. The monoisotopic (exact) mass is 171 g/mol. The van der Waals surface area contributed by atoms with Crippen molar-refractivity contribution < 1.29 is 9.53 Å². The molecule has 3 nitrogen and oxygen atoms in total. The minimum absolute atomic E-state index is 0.0741. The second kappa shape index (κ2) is 3.90. The van der Waals surface area contributed by atoms with Gasteiger partial charge >= 0.3 is 5.97 Å². The average Bonchev–Trinajstić information content (AvgIpc) is 2.50. The normalized spacial score (nSPS) is 29.3. The molecule has 1 unspecified atom stereocenters. The van der Waals surface area contributed by atoms with Crippen LogP contribution in [0, 0.1) is 11.8 Å². The minimum atomic E-state index is -0.119. The quantitative estimate of drug-likeness (QED) is 0.624. The van der Waals surface area contributed by atoms with E-state index in [1.165, 1.54) is 7.11 Å². The van der Waals surface area contributed by atoms with E-state index in [1.807, 2.05) is 0 Å². The number of nitrogens with one attached hydrogen (secondary N) is 1. The second-order valence-corrected chi connectivity index (χ2v) is 3.65. The molecule has 1 rings (SSSR count). The molecule has 1 N–H and O–H groups in total. The van der Waals surface area contributed by atoms with Crippen molar-refractivity contribution in [1.29, 1.82) is 0 Å². The van der Waals surface area contributed by atoms with Gasteiger partial charge in [-0.25, -0.2) is 0 Å². The summed E-state index contributed by atoms with van der Waals surface area (Å²) < 4.78 is 4.71. The number of carbonyl (C=O) groups is 1. The number of ether oxygens (including phenoxy) is 1. The first kappa shape index (κ1) is 9.52. The second-order valence-electron chi connectivity index (χ2n) is 3.65. The van der Waals surface area contributed by atoms with Gasteiger partial charge in [0.1, 0.15) is 6.04 Å². The molecule has 2 atom stereocenters. The van der Waals surface area contributed by atoms with Crippen molar-refractivity contribution >= 4 is 5.97 Å². The molecule has 1 aliphatic rings. The summed E-state index contributed by atoms with van der Waals surface area (Å²) in [5.74, 6) is 0.868. The number of esters is 1. The molecule has 0 spiro atoms. The molecular formula is C9H17NO2. The van der Waals surface area contributed by atoms with Crippen molar-refractivity contribution in [2.75, 3.05) is 13.7 Å². The van der Waals surface area contributed by atoms with E-state index >= 15 is 0 Å². The molecule has 0 radical (unpaired) electrons. The van der Waals surface area contributed by atoms with Crippen LogP contribution in [0.2, 0.25) is 0 Å². The Kier molecular flexibility index (Phi) is 3.09. The Bertz CT molecular complexity index is 168. The first-order chi connectivity index (χ1) is 5.66. The van der Waals surface area contributed by atoms with E-state index in [0.29, 0.717) is 11.8 Å². The number of hydrogen-bond acceptors (Lipinski definition) is 3. The maximum atomic E-state index is 11.2. The van der Waals surface area contributed by atoms with Crippen LogP contribution >= 0.6 is 0 Å². The van der Waals surface area contributed by atoms with Crippen LogP contribution in [0.25, 0.3) is 0 Å². The van der Waals surface area contributed by atoms with Gasteiger partial charge in [-0.15, -0.1) is 0 Å². The molecule has 1 aliphatic heterocycles. The fourth-order valence-electron chi connectivity index (χ4n) is 1.83. The molecule has 70 valence electrons. The van der Waals surface area contributed by atoms with Crippen molar-refractivity contribution in [3.8, 4) is 0 Å². The van der Waals surface area contributed by atoms with Gasteiger partial charge in [0, 0.05) is 0 Å².